The van der Waals surface area contributed by atoms with E-state index in [9.17, 15) is 23.9 Å². The van der Waals surface area contributed by atoms with E-state index in [0.29, 0.717) is 18.5 Å². The third-order valence-corrected chi connectivity index (χ3v) is 6.77. The summed E-state index contributed by atoms with van der Waals surface area (Å²) in [5.41, 5.74) is 1.53. The minimum atomic E-state index is -0.996. The van der Waals surface area contributed by atoms with Crippen LogP contribution in [-0.2, 0) is 16.1 Å². The topological polar surface area (TPSA) is 95.5 Å². The fourth-order valence-corrected chi connectivity index (χ4v) is 4.78. The number of carboxylic acid groups (broad SMARTS) is 1. The number of carboxylic acids is 1. The van der Waals surface area contributed by atoms with Crippen LogP contribution in [0.15, 0.2) is 48.5 Å². The molecule has 33 heavy (non-hydrogen) atoms. The van der Waals surface area contributed by atoms with Crippen LogP contribution in [-0.4, -0.2) is 28.9 Å². The van der Waals surface area contributed by atoms with Gasteiger partial charge in [-0.3, -0.25) is 9.59 Å². The van der Waals surface area contributed by atoms with Crippen LogP contribution in [0, 0.1) is 17.7 Å². The molecular weight excluding hydrogens is 423 g/mol. The standard InChI is InChI=1S/C26H29FN2O4/c27-22-13-18(11-12-19(22)24(30)28-15-16-7-3-1-4-8-16)20-14-21(20)25(31)29-23(26(32)33)17-9-5-2-6-10-17/h1,3-4,7-8,11-13,17,20-21,23H,2,5-6,9-10,14-15H2,(H,28,30)(H,29,31)(H,32,33)/t20-,21?,23-/m0/s1. The summed E-state index contributed by atoms with van der Waals surface area (Å²) in [6, 6.07) is 12.9. The van der Waals surface area contributed by atoms with Crippen LogP contribution >= 0.6 is 0 Å². The van der Waals surface area contributed by atoms with Crippen LogP contribution in [0.3, 0.4) is 0 Å². The Morgan fingerprint density at radius 3 is 2.42 bits per heavy atom. The zero-order chi connectivity index (χ0) is 23.4. The molecule has 4 rings (SSSR count). The Kier molecular flexibility index (Phi) is 7.06. The maximum atomic E-state index is 14.7. The summed E-state index contributed by atoms with van der Waals surface area (Å²) >= 11 is 0. The van der Waals surface area contributed by atoms with Crippen LogP contribution in [0.4, 0.5) is 4.39 Å². The summed E-state index contributed by atoms with van der Waals surface area (Å²) < 4.78 is 14.7. The number of hydrogen-bond donors (Lipinski definition) is 3. The molecular formula is C26H29FN2O4. The van der Waals surface area contributed by atoms with E-state index in [1.807, 2.05) is 30.3 Å². The highest BCUT2D eigenvalue weighted by Gasteiger charge is 2.46. The van der Waals surface area contributed by atoms with Gasteiger partial charge in [0, 0.05) is 12.5 Å². The minimum Gasteiger partial charge on any atom is -0.480 e. The maximum Gasteiger partial charge on any atom is 0.326 e. The molecule has 2 fully saturated rings. The summed E-state index contributed by atoms with van der Waals surface area (Å²) in [7, 11) is 0. The highest BCUT2D eigenvalue weighted by Crippen LogP contribution is 2.48. The molecule has 0 aliphatic heterocycles. The van der Waals surface area contributed by atoms with E-state index < -0.39 is 23.7 Å². The number of rotatable bonds is 8. The van der Waals surface area contributed by atoms with Gasteiger partial charge in [-0.25, -0.2) is 9.18 Å². The third kappa shape index (κ3) is 5.59. The van der Waals surface area contributed by atoms with Gasteiger partial charge in [-0.05, 0) is 54.4 Å². The highest BCUT2D eigenvalue weighted by atomic mass is 19.1. The molecule has 2 aliphatic carbocycles. The van der Waals surface area contributed by atoms with Gasteiger partial charge >= 0.3 is 5.97 Å². The van der Waals surface area contributed by atoms with E-state index in [4.69, 9.17) is 0 Å². The molecule has 3 N–H and O–H groups in total. The Balaban J connectivity index is 1.34. The van der Waals surface area contributed by atoms with Crippen molar-refractivity contribution in [3.05, 3.63) is 71.0 Å². The molecule has 7 heteroatoms. The number of halogens is 1. The van der Waals surface area contributed by atoms with Crippen molar-refractivity contribution < 1.29 is 23.9 Å². The molecule has 2 saturated carbocycles. The number of benzene rings is 2. The third-order valence-electron chi connectivity index (χ3n) is 6.77. The van der Waals surface area contributed by atoms with Crippen molar-refractivity contribution in [2.24, 2.45) is 11.8 Å². The van der Waals surface area contributed by atoms with Gasteiger partial charge < -0.3 is 15.7 Å². The van der Waals surface area contributed by atoms with Crippen molar-refractivity contribution in [2.45, 2.75) is 57.0 Å². The average Bonchev–Trinajstić information content (AvgIpc) is 3.63. The molecule has 3 atom stereocenters. The van der Waals surface area contributed by atoms with Gasteiger partial charge in [0.15, 0.2) is 0 Å². The SMILES string of the molecule is O=C(NCc1ccccc1)c1ccc([C@@H]2CC2C(=O)N[C@H](C(=O)O)C2CCCCC2)cc1F. The van der Waals surface area contributed by atoms with Crippen LogP contribution < -0.4 is 10.6 Å². The molecule has 0 saturated heterocycles. The van der Waals surface area contributed by atoms with Gasteiger partial charge in [0.2, 0.25) is 5.91 Å². The Labute approximate surface area is 192 Å². The smallest absolute Gasteiger partial charge is 0.326 e. The molecule has 0 radical (unpaired) electrons. The molecule has 0 bridgehead atoms. The lowest BCUT2D eigenvalue weighted by Crippen LogP contribution is -2.47. The van der Waals surface area contributed by atoms with Crippen LogP contribution in [0.2, 0.25) is 0 Å². The largest absolute Gasteiger partial charge is 0.480 e. The van der Waals surface area contributed by atoms with Gasteiger partial charge in [0.05, 0.1) is 5.56 Å². The number of nitrogens with one attached hydrogen (secondary N) is 2. The quantitative estimate of drug-likeness (QED) is 0.564. The van der Waals surface area contributed by atoms with Crippen LogP contribution in [0.1, 0.15) is 65.9 Å². The van der Waals surface area contributed by atoms with Crippen molar-refractivity contribution in [3.8, 4) is 0 Å². The fourth-order valence-electron chi connectivity index (χ4n) is 4.78. The number of carbonyl (C=O) groups excluding carboxylic acids is 2. The summed E-state index contributed by atoms with van der Waals surface area (Å²) in [4.78, 5) is 36.8. The van der Waals surface area contributed by atoms with E-state index >= 15 is 0 Å². The number of carbonyl (C=O) groups is 3. The van der Waals surface area contributed by atoms with Crippen LogP contribution in [0.5, 0.6) is 0 Å². The van der Waals surface area contributed by atoms with E-state index in [2.05, 4.69) is 10.6 Å². The maximum absolute atomic E-state index is 14.7. The minimum absolute atomic E-state index is 0.0384. The van der Waals surface area contributed by atoms with E-state index in [1.165, 1.54) is 12.1 Å². The number of amides is 2. The molecule has 174 valence electrons. The normalized spacial score (nSPS) is 21.1. The van der Waals surface area contributed by atoms with Gasteiger partial charge in [-0.1, -0.05) is 55.7 Å². The monoisotopic (exact) mass is 452 g/mol. The fraction of sp³-hybridized carbons (Fsp3) is 0.423. The molecule has 1 unspecified atom stereocenters. The van der Waals surface area contributed by atoms with Crippen molar-refractivity contribution in [3.63, 3.8) is 0 Å². The van der Waals surface area contributed by atoms with Crippen LogP contribution in [0.25, 0.3) is 0 Å². The van der Waals surface area contributed by atoms with Gasteiger partial charge in [-0.15, -0.1) is 0 Å². The lowest BCUT2D eigenvalue weighted by Gasteiger charge is -2.28. The number of hydrogen-bond acceptors (Lipinski definition) is 3. The zero-order valence-corrected chi connectivity index (χ0v) is 18.4. The first-order valence-corrected chi connectivity index (χ1v) is 11.6. The van der Waals surface area contributed by atoms with Crippen molar-refractivity contribution in [1.29, 1.82) is 0 Å². The van der Waals surface area contributed by atoms with Gasteiger partial charge in [0.25, 0.3) is 5.91 Å². The molecule has 2 aromatic rings. The second-order valence-corrected chi connectivity index (χ2v) is 9.08. The summed E-state index contributed by atoms with van der Waals surface area (Å²) in [5, 5.41) is 15.0. The summed E-state index contributed by atoms with van der Waals surface area (Å²) in [6.07, 6.45) is 5.24. The van der Waals surface area contributed by atoms with E-state index in [1.54, 1.807) is 6.07 Å². The molecule has 2 aromatic carbocycles. The Morgan fingerprint density at radius 2 is 1.76 bits per heavy atom. The molecule has 0 spiro atoms. The average molecular weight is 453 g/mol. The summed E-state index contributed by atoms with van der Waals surface area (Å²) in [5.74, 6) is -2.98. The lowest BCUT2D eigenvalue weighted by atomic mass is 9.84. The van der Waals surface area contributed by atoms with E-state index in [0.717, 1.165) is 37.7 Å². The molecule has 0 aromatic heterocycles. The van der Waals surface area contributed by atoms with Crippen molar-refractivity contribution in [2.75, 3.05) is 0 Å². The predicted molar refractivity (Wildman–Crippen MR) is 121 cm³/mol. The lowest BCUT2D eigenvalue weighted by molar-refractivity contribution is -0.144. The molecule has 2 aliphatic rings. The predicted octanol–water partition coefficient (Wildman–Crippen LogP) is 4.01. The molecule has 2 amide bonds. The Hall–Kier alpha value is -3.22. The Morgan fingerprint density at radius 1 is 1.03 bits per heavy atom. The zero-order valence-electron chi connectivity index (χ0n) is 18.4. The van der Waals surface area contributed by atoms with Gasteiger partial charge in [0.1, 0.15) is 11.9 Å². The second kappa shape index (κ2) is 10.1. The van der Waals surface area contributed by atoms with Crippen molar-refractivity contribution >= 4 is 17.8 Å². The Bertz CT molecular complexity index is 1020. The van der Waals surface area contributed by atoms with Crippen molar-refractivity contribution in [1.82, 2.24) is 10.6 Å². The van der Waals surface area contributed by atoms with E-state index in [-0.39, 0.29) is 29.2 Å². The first-order valence-electron chi connectivity index (χ1n) is 11.6. The van der Waals surface area contributed by atoms with Gasteiger partial charge in [-0.2, -0.15) is 0 Å². The first-order chi connectivity index (χ1) is 15.9. The first kappa shape index (κ1) is 23.0. The molecule has 0 heterocycles. The second-order valence-electron chi connectivity index (χ2n) is 9.08. The summed E-state index contributed by atoms with van der Waals surface area (Å²) in [6.45, 7) is 0.303. The number of aliphatic carboxylic acids is 1. The highest BCUT2D eigenvalue weighted by molar-refractivity contribution is 5.94. The molecule has 6 nitrogen and oxygen atoms in total.